The Morgan fingerprint density at radius 3 is 2.94 bits per heavy atom. The largest absolute Gasteiger partial charge is 0.346 e. The maximum atomic E-state index is 11.9. The van der Waals surface area contributed by atoms with Gasteiger partial charge in [0, 0.05) is 15.4 Å². The Morgan fingerprint density at radius 1 is 1.56 bits per heavy atom. The lowest BCUT2D eigenvalue weighted by molar-refractivity contribution is 0.0950. The molecule has 1 N–H and O–H groups in total. The zero-order valence-corrected chi connectivity index (χ0v) is 12.7. The number of nitrogens with zero attached hydrogens (tertiary/aromatic N) is 1. The van der Waals surface area contributed by atoms with Crippen LogP contribution in [0.25, 0.3) is 0 Å². The number of halogens is 2. The van der Waals surface area contributed by atoms with E-state index in [1.54, 1.807) is 29.5 Å². The highest BCUT2D eigenvalue weighted by molar-refractivity contribution is 9.10. The molecule has 1 aromatic carbocycles. The summed E-state index contributed by atoms with van der Waals surface area (Å²) in [5.74, 6) is -0.141. The number of hydrogen-bond donors (Lipinski definition) is 1. The monoisotopic (exact) mass is 344 g/mol. The second-order valence-corrected chi connectivity index (χ2v) is 5.99. The van der Waals surface area contributed by atoms with Crippen LogP contribution in [0.4, 0.5) is 0 Å². The Balaban J connectivity index is 2.01. The first-order valence-electron chi connectivity index (χ1n) is 5.20. The Hall–Kier alpha value is -0.910. The van der Waals surface area contributed by atoms with E-state index in [2.05, 4.69) is 26.2 Å². The molecule has 0 unspecified atom stereocenters. The van der Waals surface area contributed by atoms with Crippen molar-refractivity contribution in [1.82, 2.24) is 10.3 Å². The maximum absolute atomic E-state index is 11.9. The molecular formula is C12H10BrClN2OS. The van der Waals surface area contributed by atoms with Gasteiger partial charge in [0.25, 0.3) is 5.91 Å². The van der Waals surface area contributed by atoms with Crippen molar-refractivity contribution in [2.24, 2.45) is 0 Å². The normalized spacial score (nSPS) is 10.4. The van der Waals surface area contributed by atoms with Gasteiger partial charge < -0.3 is 5.32 Å². The summed E-state index contributed by atoms with van der Waals surface area (Å²) in [6, 6.07) is 5.08. The molecule has 2 rings (SSSR count). The average Bonchev–Trinajstić information content (AvgIpc) is 2.75. The van der Waals surface area contributed by atoms with Crippen LogP contribution in [0.15, 0.2) is 28.1 Å². The Kier molecular flexibility index (Phi) is 4.37. The predicted octanol–water partition coefficient (Wildman–Crippen LogP) is 3.80. The van der Waals surface area contributed by atoms with Crippen molar-refractivity contribution in [1.29, 1.82) is 0 Å². The lowest BCUT2D eigenvalue weighted by Gasteiger charge is -2.04. The third-order valence-corrected chi connectivity index (χ3v) is 4.31. The van der Waals surface area contributed by atoms with Crippen LogP contribution >= 0.6 is 38.9 Å². The fourth-order valence-electron chi connectivity index (χ4n) is 1.40. The van der Waals surface area contributed by atoms with Crippen LogP contribution in [0.5, 0.6) is 0 Å². The third-order valence-electron chi connectivity index (χ3n) is 2.28. The van der Waals surface area contributed by atoms with Gasteiger partial charge in [0.05, 0.1) is 22.3 Å². The molecular weight excluding hydrogens is 336 g/mol. The minimum Gasteiger partial charge on any atom is -0.346 e. The summed E-state index contributed by atoms with van der Waals surface area (Å²) in [6.45, 7) is 2.37. The minimum atomic E-state index is -0.141. The van der Waals surface area contributed by atoms with Crippen molar-refractivity contribution in [3.05, 3.63) is 49.3 Å². The molecule has 0 saturated carbocycles. The predicted molar refractivity (Wildman–Crippen MR) is 77.2 cm³/mol. The molecule has 0 aliphatic carbocycles. The molecule has 0 bridgehead atoms. The van der Waals surface area contributed by atoms with Crippen LogP contribution in [0.3, 0.4) is 0 Å². The number of carbonyl (C=O) groups excluding carboxylic acids is 1. The Bertz CT molecular complexity index is 585. The van der Waals surface area contributed by atoms with Crippen molar-refractivity contribution < 1.29 is 4.79 Å². The first-order chi connectivity index (χ1) is 8.56. The summed E-state index contributed by atoms with van der Waals surface area (Å²) >= 11 is 10.7. The van der Waals surface area contributed by atoms with Crippen molar-refractivity contribution in [2.75, 3.05) is 0 Å². The number of rotatable bonds is 3. The van der Waals surface area contributed by atoms with Crippen LogP contribution in [-0.4, -0.2) is 10.9 Å². The van der Waals surface area contributed by atoms with Crippen molar-refractivity contribution in [3.8, 4) is 0 Å². The maximum Gasteiger partial charge on any atom is 0.251 e. The van der Waals surface area contributed by atoms with Gasteiger partial charge in [-0.05, 0) is 41.1 Å². The highest BCUT2D eigenvalue weighted by Gasteiger charge is 2.08. The molecule has 1 heterocycles. The quantitative estimate of drug-likeness (QED) is 0.919. The fourth-order valence-corrected chi connectivity index (χ4v) is 2.51. The van der Waals surface area contributed by atoms with Crippen LogP contribution in [0.1, 0.15) is 21.1 Å². The van der Waals surface area contributed by atoms with E-state index in [0.717, 1.165) is 10.7 Å². The molecule has 0 spiro atoms. The number of thiazole rings is 1. The minimum absolute atomic E-state index is 0.141. The van der Waals surface area contributed by atoms with E-state index in [9.17, 15) is 4.79 Å². The molecule has 0 saturated heterocycles. The number of amides is 1. The van der Waals surface area contributed by atoms with Gasteiger partial charge in [0.15, 0.2) is 0 Å². The lowest BCUT2D eigenvalue weighted by atomic mass is 10.2. The van der Waals surface area contributed by atoms with Gasteiger partial charge in [-0.1, -0.05) is 11.6 Å². The number of aryl methyl sites for hydroxylation is 1. The van der Waals surface area contributed by atoms with Gasteiger partial charge in [0.1, 0.15) is 0 Å². The van der Waals surface area contributed by atoms with Crippen molar-refractivity contribution in [2.45, 2.75) is 13.5 Å². The highest BCUT2D eigenvalue weighted by Crippen LogP contribution is 2.23. The molecule has 1 aromatic heterocycles. The number of carbonyl (C=O) groups is 1. The fraction of sp³-hybridized carbons (Fsp3) is 0.167. The number of hydrogen-bond acceptors (Lipinski definition) is 3. The second-order valence-electron chi connectivity index (χ2n) is 3.67. The van der Waals surface area contributed by atoms with Gasteiger partial charge in [-0.25, -0.2) is 4.98 Å². The highest BCUT2D eigenvalue weighted by atomic mass is 79.9. The molecule has 3 nitrogen and oxygen atoms in total. The van der Waals surface area contributed by atoms with E-state index in [1.807, 2.05) is 12.3 Å². The molecule has 0 fully saturated rings. The van der Waals surface area contributed by atoms with E-state index in [4.69, 9.17) is 11.6 Å². The van der Waals surface area contributed by atoms with Crippen LogP contribution < -0.4 is 5.32 Å². The molecule has 0 aliphatic heterocycles. The van der Waals surface area contributed by atoms with Gasteiger partial charge >= 0.3 is 0 Å². The van der Waals surface area contributed by atoms with Gasteiger partial charge in [-0.15, -0.1) is 11.3 Å². The number of benzene rings is 1. The molecule has 94 valence electrons. The molecule has 0 atom stereocenters. The first-order valence-corrected chi connectivity index (χ1v) is 7.25. The summed E-state index contributed by atoms with van der Waals surface area (Å²) in [6.07, 6.45) is 0. The van der Waals surface area contributed by atoms with Crippen LogP contribution in [-0.2, 0) is 6.54 Å². The standard InChI is InChI=1S/C12H10BrClN2OS/c1-7-16-9(6-18-7)5-15-12(17)8-2-3-11(14)10(13)4-8/h2-4,6H,5H2,1H3,(H,15,17). The smallest absolute Gasteiger partial charge is 0.251 e. The van der Waals surface area contributed by atoms with E-state index < -0.39 is 0 Å². The molecule has 18 heavy (non-hydrogen) atoms. The van der Waals surface area contributed by atoms with Crippen LogP contribution in [0.2, 0.25) is 5.02 Å². The average molecular weight is 346 g/mol. The van der Waals surface area contributed by atoms with E-state index >= 15 is 0 Å². The summed E-state index contributed by atoms with van der Waals surface area (Å²) in [5.41, 5.74) is 1.44. The number of aromatic nitrogens is 1. The molecule has 0 radical (unpaired) electrons. The zero-order valence-electron chi connectivity index (χ0n) is 9.54. The summed E-state index contributed by atoms with van der Waals surface area (Å²) in [4.78, 5) is 16.2. The zero-order chi connectivity index (χ0) is 13.1. The van der Waals surface area contributed by atoms with Gasteiger partial charge in [-0.2, -0.15) is 0 Å². The first kappa shape index (κ1) is 13.5. The van der Waals surface area contributed by atoms with E-state index in [-0.39, 0.29) is 5.91 Å². The molecule has 2 aromatic rings. The van der Waals surface area contributed by atoms with Gasteiger partial charge in [-0.3, -0.25) is 4.79 Å². The summed E-state index contributed by atoms with van der Waals surface area (Å²) in [7, 11) is 0. The van der Waals surface area contributed by atoms with Gasteiger partial charge in [0.2, 0.25) is 0 Å². The molecule has 1 amide bonds. The lowest BCUT2D eigenvalue weighted by Crippen LogP contribution is -2.22. The summed E-state index contributed by atoms with van der Waals surface area (Å²) in [5, 5.41) is 6.33. The van der Waals surface area contributed by atoms with E-state index in [0.29, 0.717) is 21.6 Å². The topological polar surface area (TPSA) is 42.0 Å². The van der Waals surface area contributed by atoms with Crippen LogP contribution in [0, 0.1) is 6.92 Å². The second kappa shape index (κ2) is 5.82. The molecule has 6 heteroatoms. The third kappa shape index (κ3) is 3.31. The van der Waals surface area contributed by atoms with E-state index in [1.165, 1.54) is 0 Å². The molecule has 0 aliphatic rings. The summed E-state index contributed by atoms with van der Waals surface area (Å²) < 4.78 is 0.710. The Morgan fingerprint density at radius 2 is 2.33 bits per heavy atom. The number of nitrogens with one attached hydrogen (secondary N) is 1. The van der Waals surface area contributed by atoms with Crippen molar-refractivity contribution in [3.63, 3.8) is 0 Å². The van der Waals surface area contributed by atoms with Crippen molar-refractivity contribution >= 4 is 44.8 Å². The SMILES string of the molecule is Cc1nc(CNC(=O)c2ccc(Cl)c(Br)c2)cs1. The Labute approximate surface area is 122 Å².